The van der Waals surface area contributed by atoms with Gasteiger partial charge in [0.2, 0.25) is 0 Å². The molecular weight excluding hydrogens is 332 g/mol. The summed E-state index contributed by atoms with van der Waals surface area (Å²) < 4.78 is 6.52. The number of carbonyl (C=O) groups excluding carboxylic acids is 1. The van der Waals surface area contributed by atoms with Crippen LogP contribution in [-0.2, 0) is 4.74 Å². The van der Waals surface area contributed by atoms with Gasteiger partial charge < -0.3 is 9.64 Å². The smallest absolute Gasteiger partial charge is 0.273 e. The third-order valence-electron chi connectivity index (χ3n) is 4.41. The van der Waals surface area contributed by atoms with Crippen LogP contribution >= 0.6 is 15.9 Å². The topological polar surface area (TPSA) is 42.4 Å². The Kier molecular flexibility index (Phi) is 3.19. The molecule has 2 unspecified atom stereocenters. The number of hydrogen-bond donors (Lipinski definition) is 0. The van der Waals surface area contributed by atoms with Gasteiger partial charge in [0.15, 0.2) is 0 Å². The maximum Gasteiger partial charge on any atom is 0.273 e. The van der Waals surface area contributed by atoms with Crippen LogP contribution in [0, 0.1) is 0 Å². The third-order valence-corrected chi connectivity index (χ3v) is 4.90. The minimum atomic E-state index is 0.0366. The maximum atomic E-state index is 13.0. The summed E-state index contributed by atoms with van der Waals surface area (Å²) in [6.45, 7) is 1.30. The number of hydrogen-bond acceptors (Lipinski definition) is 3. The molecule has 5 heteroatoms. The van der Waals surface area contributed by atoms with E-state index in [1.807, 2.05) is 29.2 Å². The highest BCUT2D eigenvalue weighted by Gasteiger charge is 2.41. The number of fused-ring (bicyclic) bond motifs is 3. The van der Waals surface area contributed by atoms with Crippen LogP contribution in [0.4, 0.5) is 0 Å². The Morgan fingerprint density at radius 1 is 1.24 bits per heavy atom. The van der Waals surface area contributed by atoms with Gasteiger partial charge in [0.1, 0.15) is 5.69 Å². The van der Waals surface area contributed by atoms with E-state index < -0.39 is 0 Å². The molecule has 3 heterocycles. The van der Waals surface area contributed by atoms with Gasteiger partial charge in [-0.2, -0.15) is 0 Å². The molecule has 1 aromatic heterocycles. The molecule has 0 radical (unpaired) electrons. The zero-order valence-electron chi connectivity index (χ0n) is 11.5. The summed E-state index contributed by atoms with van der Waals surface area (Å²) in [5.74, 6) is 0.0366. The molecule has 0 saturated carbocycles. The molecule has 4 nitrogen and oxygen atoms in total. The number of carbonyl (C=O) groups is 1. The molecule has 2 fully saturated rings. The molecule has 0 spiro atoms. The number of morpholine rings is 1. The third kappa shape index (κ3) is 2.15. The zero-order chi connectivity index (χ0) is 14.4. The highest BCUT2D eigenvalue weighted by molar-refractivity contribution is 9.10. The molecule has 108 valence electrons. The standard InChI is InChI=1S/C16H15BrN2O2/c17-11-2-1-10-5-6-18-15(14(10)7-11)16(20)19-12-3-4-13(19)9-21-8-12/h1-2,5-7,12-13H,3-4,8-9H2. The van der Waals surface area contributed by atoms with Gasteiger partial charge in [0.25, 0.3) is 5.91 Å². The Labute approximate surface area is 131 Å². The number of ether oxygens (including phenoxy) is 1. The monoisotopic (exact) mass is 346 g/mol. The number of amides is 1. The van der Waals surface area contributed by atoms with Crippen molar-refractivity contribution in [2.75, 3.05) is 13.2 Å². The van der Waals surface area contributed by atoms with Crippen molar-refractivity contribution in [3.05, 3.63) is 40.6 Å². The fourth-order valence-corrected chi connectivity index (χ4v) is 3.75. The van der Waals surface area contributed by atoms with Gasteiger partial charge >= 0.3 is 0 Å². The highest BCUT2D eigenvalue weighted by atomic mass is 79.9. The van der Waals surface area contributed by atoms with Gasteiger partial charge in [-0.1, -0.05) is 22.0 Å². The first-order valence-corrected chi connectivity index (χ1v) is 7.98. The van der Waals surface area contributed by atoms with Gasteiger partial charge in [0.05, 0.1) is 25.3 Å². The summed E-state index contributed by atoms with van der Waals surface area (Å²) in [5, 5.41) is 1.94. The van der Waals surface area contributed by atoms with Crippen LogP contribution in [0.3, 0.4) is 0 Å². The van der Waals surface area contributed by atoms with Crippen LogP contribution in [-0.4, -0.2) is 41.1 Å². The van der Waals surface area contributed by atoms with E-state index in [0.717, 1.165) is 28.1 Å². The number of benzene rings is 1. The van der Waals surface area contributed by atoms with Crippen molar-refractivity contribution in [1.29, 1.82) is 0 Å². The lowest BCUT2D eigenvalue weighted by atomic mass is 10.1. The van der Waals surface area contributed by atoms with Gasteiger partial charge in [-0.3, -0.25) is 9.78 Å². The summed E-state index contributed by atoms with van der Waals surface area (Å²) in [4.78, 5) is 19.3. The van der Waals surface area contributed by atoms with Gasteiger partial charge in [-0.05, 0) is 36.4 Å². The van der Waals surface area contributed by atoms with Crippen LogP contribution in [0.1, 0.15) is 23.3 Å². The van der Waals surface area contributed by atoms with Crippen molar-refractivity contribution in [1.82, 2.24) is 9.88 Å². The van der Waals surface area contributed by atoms with Crippen molar-refractivity contribution in [2.24, 2.45) is 0 Å². The molecule has 2 aliphatic rings. The number of nitrogens with zero attached hydrogens (tertiary/aromatic N) is 2. The number of halogens is 1. The molecule has 2 bridgehead atoms. The second kappa shape index (κ2) is 5.07. The lowest BCUT2D eigenvalue weighted by molar-refractivity contribution is -0.00734. The number of pyridine rings is 1. The van der Waals surface area contributed by atoms with Crippen LogP contribution in [0.15, 0.2) is 34.9 Å². The SMILES string of the molecule is O=C(c1nccc2ccc(Br)cc12)N1C2CCC1COC2. The van der Waals surface area contributed by atoms with Crippen molar-refractivity contribution < 1.29 is 9.53 Å². The molecular formula is C16H15BrN2O2. The lowest BCUT2D eigenvalue weighted by Crippen LogP contribution is -2.49. The first kappa shape index (κ1) is 13.2. The first-order chi connectivity index (χ1) is 10.2. The normalized spacial score (nSPS) is 24.5. The molecule has 2 aliphatic heterocycles. The van der Waals surface area contributed by atoms with Crippen molar-refractivity contribution >= 4 is 32.6 Å². The maximum absolute atomic E-state index is 13.0. The highest BCUT2D eigenvalue weighted by Crippen LogP contribution is 2.31. The molecule has 1 aromatic carbocycles. The van der Waals surface area contributed by atoms with Crippen molar-refractivity contribution in [3.63, 3.8) is 0 Å². The summed E-state index contributed by atoms with van der Waals surface area (Å²) >= 11 is 3.48. The molecule has 21 heavy (non-hydrogen) atoms. The second-order valence-corrected chi connectivity index (χ2v) is 6.58. The summed E-state index contributed by atoms with van der Waals surface area (Å²) in [6.07, 6.45) is 3.78. The molecule has 4 rings (SSSR count). The van der Waals surface area contributed by atoms with E-state index in [9.17, 15) is 4.79 Å². The van der Waals surface area contributed by atoms with E-state index in [1.165, 1.54) is 0 Å². The average Bonchev–Trinajstić information content (AvgIpc) is 2.75. The average molecular weight is 347 g/mol. The Balaban J connectivity index is 1.79. The van der Waals surface area contributed by atoms with Crippen LogP contribution in [0.25, 0.3) is 10.8 Å². The lowest BCUT2D eigenvalue weighted by Gasteiger charge is -2.34. The Morgan fingerprint density at radius 2 is 2.00 bits per heavy atom. The van der Waals surface area contributed by atoms with Gasteiger partial charge in [-0.15, -0.1) is 0 Å². The predicted octanol–water partition coefficient (Wildman–Crippen LogP) is 3.00. The number of aromatic nitrogens is 1. The summed E-state index contributed by atoms with van der Waals surface area (Å²) in [7, 11) is 0. The van der Waals surface area contributed by atoms with E-state index in [1.54, 1.807) is 6.20 Å². The fraction of sp³-hybridized carbons (Fsp3) is 0.375. The van der Waals surface area contributed by atoms with Crippen LogP contribution in [0.2, 0.25) is 0 Å². The number of rotatable bonds is 1. The predicted molar refractivity (Wildman–Crippen MR) is 83.2 cm³/mol. The molecule has 2 aromatic rings. The van der Waals surface area contributed by atoms with Crippen molar-refractivity contribution in [3.8, 4) is 0 Å². The Bertz CT molecular complexity index is 702. The molecule has 0 N–H and O–H groups in total. The Hall–Kier alpha value is -1.46. The first-order valence-electron chi connectivity index (χ1n) is 7.19. The molecule has 2 saturated heterocycles. The largest absolute Gasteiger partial charge is 0.377 e. The van der Waals surface area contributed by atoms with Crippen LogP contribution in [0.5, 0.6) is 0 Å². The van der Waals surface area contributed by atoms with E-state index in [4.69, 9.17) is 4.74 Å². The fourth-order valence-electron chi connectivity index (χ4n) is 3.39. The second-order valence-electron chi connectivity index (χ2n) is 5.66. The summed E-state index contributed by atoms with van der Waals surface area (Å²) in [6, 6.07) is 8.31. The van der Waals surface area contributed by atoms with E-state index in [-0.39, 0.29) is 18.0 Å². The molecule has 1 amide bonds. The Morgan fingerprint density at radius 3 is 2.76 bits per heavy atom. The minimum Gasteiger partial charge on any atom is -0.377 e. The zero-order valence-corrected chi connectivity index (χ0v) is 13.0. The van der Waals surface area contributed by atoms with E-state index in [0.29, 0.717) is 18.9 Å². The quantitative estimate of drug-likeness (QED) is 0.797. The van der Waals surface area contributed by atoms with Crippen LogP contribution < -0.4 is 0 Å². The van der Waals surface area contributed by atoms with Gasteiger partial charge in [0, 0.05) is 16.1 Å². The van der Waals surface area contributed by atoms with Gasteiger partial charge in [-0.25, -0.2) is 0 Å². The minimum absolute atomic E-state index is 0.0366. The molecule has 0 aliphatic carbocycles. The summed E-state index contributed by atoms with van der Waals surface area (Å²) in [5.41, 5.74) is 0.549. The van der Waals surface area contributed by atoms with E-state index >= 15 is 0 Å². The van der Waals surface area contributed by atoms with E-state index in [2.05, 4.69) is 20.9 Å². The molecule has 2 atom stereocenters. The van der Waals surface area contributed by atoms with Crippen molar-refractivity contribution in [2.45, 2.75) is 24.9 Å².